The lowest BCUT2D eigenvalue weighted by Crippen LogP contribution is -2.07. The highest BCUT2D eigenvalue weighted by Crippen LogP contribution is 2.35. The lowest BCUT2D eigenvalue weighted by molar-refractivity contribution is 0.104. The summed E-state index contributed by atoms with van der Waals surface area (Å²) in [5, 5.41) is 0.594. The summed E-state index contributed by atoms with van der Waals surface area (Å²) in [5.41, 5.74) is 11.3. The van der Waals surface area contributed by atoms with Gasteiger partial charge in [-0.15, -0.1) is 11.3 Å². The van der Waals surface area contributed by atoms with E-state index in [4.69, 9.17) is 5.73 Å². The molecule has 0 saturated heterocycles. The summed E-state index contributed by atoms with van der Waals surface area (Å²) in [4.78, 5) is 14.0. The van der Waals surface area contributed by atoms with Crippen molar-refractivity contribution in [3.05, 3.63) is 76.9 Å². The van der Waals surface area contributed by atoms with Crippen LogP contribution in [0.15, 0.2) is 54.6 Å². The van der Waals surface area contributed by atoms with Crippen molar-refractivity contribution in [2.24, 2.45) is 0 Å². The lowest BCUT2D eigenvalue weighted by atomic mass is 9.89. The van der Waals surface area contributed by atoms with Gasteiger partial charge in [-0.2, -0.15) is 0 Å². The largest absolute Gasteiger partial charge is 0.390 e. The Hall–Kier alpha value is -2.39. The van der Waals surface area contributed by atoms with Crippen molar-refractivity contribution >= 4 is 22.1 Å². The Labute approximate surface area is 146 Å². The number of anilines is 1. The number of hydrogen-bond acceptors (Lipinski definition) is 3. The molecule has 24 heavy (non-hydrogen) atoms. The number of fused-ring (bicyclic) bond motifs is 1. The van der Waals surface area contributed by atoms with E-state index in [1.165, 1.54) is 35.3 Å². The lowest BCUT2D eigenvalue weighted by Gasteiger charge is -2.16. The SMILES string of the molecule is Nc1sc(-c2ccccc2)cc1C(=O)c1ccc2c(c1)CCCC2. The zero-order valence-electron chi connectivity index (χ0n) is 13.4. The van der Waals surface area contributed by atoms with Gasteiger partial charge in [0, 0.05) is 10.4 Å². The number of carbonyl (C=O) groups excluding carboxylic acids is 1. The van der Waals surface area contributed by atoms with Gasteiger partial charge in [-0.1, -0.05) is 42.5 Å². The highest BCUT2D eigenvalue weighted by atomic mass is 32.1. The molecule has 3 aromatic rings. The second-order valence-electron chi connectivity index (χ2n) is 6.27. The molecule has 2 aromatic carbocycles. The van der Waals surface area contributed by atoms with Crippen molar-refractivity contribution < 1.29 is 4.79 Å². The first-order valence-corrected chi connectivity index (χ1v) is 9.15. The number of ketones is 1. The van der Waals surface area contributed by atoms with E-state index in [9.17, 15) is 4.79 Å². The minimum atomic E-state index is 0.0271. The predicted molar refractivity (Wildman–Crippen MR) is 101 cm³/mol. The van der Waals surface area contributed by atoms with Crippen molar-refractivity contribution in [3.63, 3.8) is 0 Å². The molecule has 0 fully saturated rings. The number of aryl methyl sites for hydroxylation is 2. The molecular weight excluding hydrogens is 314 g/mol. The number of hydrogen-bond donors (Lipinski definition) is 1. The molecule has 0 radical (unpaired) electrons. The maximum atomic E-state index is 12.9. The van der Waals surface area contributed by atoms with E-state index in [1.807, 2.05) is 42.5 Å². The Bertz CT molecular complexity index is 895. The molecule has 1 aliphatic rings. The van der Waals surface area contributed by atoms with Gasteiger partial charge in [0.05, 0.1) is 10.6 Å². The van der Waals surface area contributed by atoms with Gasteiger partial charge in [-0.25, -0.2) is 0 Å². The molecule has 0 aliphatic heterocycles. The third-order valence-corrected chi connectivity index (χ3v) is 5.69. The summed E-state index contributed by atoms with van der Waals surface area (Å²) in [5.74, 6) is 0.0271. The van der Waals surface area contributed by atoms with E-state index in [0.29, 0.717) is 10.6 Å². The van der Waals surface area contributed by atoms with Gasteiger partial charge in [-0.3, -0.25) is 4.79 Å². The molecule has 0 saturated carbocycles. The zero-order valence-corrected chi connectivity index (χ0v) is 14.2. The summed E-state index contributed by atoms with van der Waals surface area (Å²) in [6.07, 6.45) is 4.66. The molecule has 0 spiro atoms. The van der Waals surface area contributed by atoms with Gasteiger partial charge >= 0.3 is 0 Å². The Morgan fingerprint density at radius 2 is 1.67 bits per heavy atom. The Morgan fingerprint density at radius 3 is 2.46 bits per heavy atom. The molecule has 1 aromatic heterocycles. The van der Waals surface area contributed by atoms with Gasteiger partial charge in [0.15, 0.2) is 5.78 Å². The Morgan fingerprint density at radius 1 is 0.917 bits per heavy atom. The third-order valence-electron chi connectivity index (χ3n) is 4.67. The van der Waals surface area contributed by atoms with Crippen molar-refractivity contribution in [2.75, 3.05) is 5.73 Å². The van der Waals surface area contributed by atoms with Gasteiger partial charge in [0.1, 0.15) is 0 Å². The van der Waals surface area contributed by atoms with Crippen LogP contribution in [0.2, 0.25) is 0 Å². The van der Waals surface area contributed by atoms with Crippen LogP contribution in [0.25, 0.3) is 10.4 Å². The van der Waals surface area contributed by atoms with E-state index in [2.05, 4.69) is 12.1 Å². The zero-order chi connectivity index (χ0) is 16.5. The standard InChI is InChI=1S/C21H19NOS/c22-21-18(13-19(24-21)15-7-2-1-3-8-15)20(23)17-11-10-14-6-4-5-9-16(14)12-17/h1-3,7-8,10-13H,4-6,9,22H2. The molecule has 0 amide bonds. The molecule has 1 aliphatic carbocycles. The second kappa shape index (κ2) is 6.25. The number of benzene rings is 2. The van der Waals surface area contributed by atoms with E-state index in [1.54, 1.807) is 0 Å². The average Bonchev–Trinajstić information content (AvgIpc) is 3.03. The van der Waals surface area contributed by atoms with Crippen LogP contribution in [0.3, 0.4) is 0 Å². The molecular formula is C21H19NOS. The first kappa shape index (κ1) is 15.2. The predicted octanol–water partition coefficient (Wildman–Crippen LogP) is 5.11. The van der Waals surface area contributed by atoms with Crippen LogP contribution >= 0.6 is 11.3 Å². The fourth-order valence-electron chi connectivity index (χ4n) is 3.36. The average molecular weight is 333 g/mol. The highest BCUT2D eigenvalue weighted by molar-refractivity contribution is 7.19. The molecule has 2 N–H and O–H groups in total. The highest BCUT2D eigenvalue weighted by Gasteiger charge is 2.18. The molecule has 0 atom stereocenters. The Balaban J connectivity index is 1.69. The van der Waals surface area contributed by atoms with Crippen molar-refractivity contribution in [1.82, 2.24) is 0 Å². The monoisotopic (exact) mass is 333 g/mol. The summed E-state index contributed by atoms with van der Waals surface area (Å²) >= 11 is 1.48. The van der Waals surface area contributed by atoms with Crippen molar-refractivity contribution in [1.29, 1.82) is 0 Å². The molecule has 0 bridgehead atoms. The van der Waals surface area contributed by atoms with Crippen LogP contribution in [0.5, 0.6) is 0 Å². The fraction of sp³-hybridized carbons (Fsp3) is 0.190. The number of nitrogen functional groups attached to an aromatic ring is 1. The quantitative estimate of drug-likeness (QED) is 0.677. The Kier molecular flexibility index (Phi) is 3.95. The molecule has 2 nitrogen and oxygen atoms in total. The smallest absolute Gasteiger partial charge is 0.196 e. The summed E-state index contributed by atoms with van der Waals surface area (Å²) < 4.78 is 0. The topological polar surface area (TPSA) is 43.1 Å². The number of rotatable bonds is 3. The van der Waals surface area contributed by atoms with Crippen molar-refractivity contribution in [2.45, 2.75) is 25.7 Å². The first-order chi connectivity index (χ1) is 11.7. The molecule has 120 valence electrons. The summed E-state index contributed by atoms with van der Waals surface area (Å²) in [6, 6.07) is 18.1. The van der Waals surface area contributed by atoms with E-state index < -0.39 is 0 Å². The summed E-state index contributed by atoms with van der Waals surface area (Å²) in [7, 11) is 0. The minimum absolute atomic E-state index is 0.0271. The van der Waals surface area contributed by atoms with E-state index in [0.717, 1.165) is 28.8 Å². The molecule has 0 unspecified atom stereocenters. The van der Waals surface area contributed by atoms with Crippen LogP contribution in [-0.4, -0.2) is 5.78 Å². The fourth-order valence-corrected chi connectivity index (χ4v) is 4.29. The molecule has 3 heteroatoms. The molecule has 1 heterocycles. The number of thiophene rings is 1. The maximum absolute atomic E-state index is 12.9. The molecule has 4 rings (SSSR count). The van der Waals surface area contributed by atoms with E-state index in [-0.39, 0.29) is 5.78 Å². The second-order valence-corrected chi connectivity index (χ2v) is 7.36. The minimum Gasteiger partial charge on any atom is -0.390 e. The van der Waals surface area contributed by atoms with Crippen LogP contribution < -0.4 is 5.73 Å². The summed E-state index contributed by atoms with van der Waals surface area (Å²) in [6.45, 7) is 0. The van der Waals surface area contributed by atoms with Gasteiger partial charge in [0.25, 0.3) is 0 Å². The van der Waals surface area contributed by atoms with Gasteiger partial charge in [-0.05, 0) is 54.5 Å². The van der Waals surface area contributed by atoms with E-state index >= 15 is 0 Å². The van der Waals surface area contributed by atoms with Crippen LogP contribution in [0, 0.1) is 0 Å². The maximum Gasteiger partial charge on any atom is 0.196 e. The van der Waals surface area contributed by atoms with Gasteiger partial charge < -0.3 is 5.73 Å². The van der Waals surface area contributed by atoms with Crippen molar-refractivity contribution in [3.8, 4) is 10.4 Å². The normalized spacial score (nSPS) is 13.5. The van der Waals surface area contributed by atoms with Crippen LogP contribution in [0.1, 0.15) is 39.9 Å². The third kappa shape index (κ3) is 2.76. The van der Waals surface area contributed by atoms with Crippen LogP contribution in [-0.2, 0) is 12.8 Å². The van der Waals surface area contributed by atoms with Gasteiger partial charge in [0.2, 0.25) is 0 Å². The first-order valence-electron chi connectivity index (χ1n) is 8.33. The number of nitrogens with two attached hydrogens (primary N) is 1. The van der Waals surface area contributed by atoms with Crippen LogP contribution in [0.4, 0.5) is 5.00 Å². The number of carbonyl (C=O) groups is 1.